The molecule has 0 aromatic heterocycles. The Labute approximate surface area is 167 Å². The fraction of sp³-hybridized carbons (Fsp3) is 0.381. The lowest BCUT2D eigenvalue weighted by molar-refractivity contribution is -0.136. The van der Waals surface area contributed by atoms with Crippen molar-refractivity contribution in [3.63, 3.8) is 0 Å². The second kappa shape index (κ2) is 9.28. The number of hydrogen-bond donors (Lipinski definition) is 2. The SMILES string of the molecule is CC1CN(Cc2cccc(CNC(=O)Nc3ccccc3C(F)(F)F)c2)CCO1. The van der Waals surface area contributed by atoms with Crippen LogP contribution in [0.15, 0.2) is 48.5 Å². The number of rotatable bonds is 5. The number of hydrogen-bond acceptors (Lipinski definition) is 3. The van der Waals surface area contributed by atoms with Gasteiger partial charge in [-0.2, -0.15) is 13.2 Å². The summed E-state index contributed by atoms with van der Waals surface area (Å²) in [5.41, 5.74) is 0.842. The standard InChI is InChI=1S/C21H24F3N3O2/c1-15-13-27(9-10-29-15)14-17-6-4-5-16(11-17)12-25-20(28)26-19-8-3-2-7-18(19)21(22,23)24/h2-8,11,15H,9-10,12-14H2,1H3,(H2,25,26,28). The fourth-order valence-electron chi connectivity index (χ4n) is 3.32. The number of carbonyl (C=O) groups excluding carboxylic acids is 1. The van der Waals surface area contributed by atoms with Gasteiger partial charge in [-0.1, -0.05) is 36.4 Å². The van der Waals surface area contributed by atoms with E-state index >= 15 is 0 Å². The molecule has 156 valence electrons. The minimum absolute atomic E-state index is 0.205. The summed E-state index contributed by atoms with van der Waals surface area (Å²) in [6.45, 7) is 5.49. The van der Waals surface area contributed by atoms with Crippen molar-refractivity contribution in [3.8, 4) is 0 Å². The van der Waals surface area contributed by atoms with E-state index in [1.165, 1.54) is 18.2 Å². The van der Waals surface area contributed by atoms with Crippen LogP contribution in [0.3, 0.4) is 0 Å². The monoisotopic (exact) mass is 407 g/mol. The maximum absolute atomic E-state index is 13.0. The van der Waals surface area contributed by atoms with Crippen molar-refractivity contribution in [2.24, 2.45) is 0 Å². The van der Waals surface area contributed by atoms with Gasteiger partial charge >= 0.3 is 12.2 Å². The van der Waals surface area contributed by atoms with Crippen LogP contribution in [-0.4, -0.2) is 36.7 Å². The van der Waals surface area contributed by atoms with Gasteiger partial charge in [0.15, 0.2) is 0 Å². The summed E-state index contributed by atoms with van der Waals surface area (Å²) in [4.78, 5) is 14.4. The zero-order valence-electron chi connectivity index (χ0n) is 16.1. The van der Waals surface area contributed by atoms with Crippen LogP contribution in [0.2, 0.25) is 0 Å². The lowest BCUT2D eigenvalue weighted by atomic mass is 10.1. The number of urea groups is 1. The maximum atomic E-state index is 13.0. The third kappa shape index (κ3) is 6.20. The van der Waals surface area contributed by atoms with Gasteiger partial charge in [0.1, 0.15) is 0 Å². The smallest absolute Gasteiger partial charge is 0.376 e. The number of benzene rings is 2. The van der Waals surface area contributed by atoms with E-state index in [-0.39, 0.29) is 18.3 Å². The first-order valence-electron chi connectivity index (χ1n) is 9.44. The average molecular weight is 407 g/mol. The highest BCUT2D eigenvalue weighted by atomic mass is 19.4. The van der Waals surface area contributed by atoms with Crippen LogP contribution < -0.4 is 10.6 Å². The molecule has 3 rings (SSSR count). The van der Waals surface area contributed by atoms with Crippen molar-refractivity contribution in [1.29, 1.82) is 0 Å². The lowest BCUT2D eigenvalue weighted by Gasteiger charge is -2.31. The first-order valence-corrected chi connectivity index (χ1v) is 9.44. The molecule has 2 amide bonds. The third-order valence-corrected chi connectivity index (χ3v) is 4.66. The van der Waals surface area contributed by atoms with Crippen LogP contribution in [0.5, 0.6) is 0 Å². The molecule has 1 aliphatic rings. The Morgan fingerprint density at radius 2 is 1.93 bits per heavy atom. The average Bonchev–Trinajstić information content (AvgIpc) is 2.66. The van der Waals surface area contributed by atoms with Crippen LogP contribution >= 0.6 is 0 Å². The van der Waals surface area contributed by atoms with Crippen molar-refractivity contribution in [2.45, 2.75) is 32.3 Å². The Balaban J connectivity index is 1.56. The van der Waals surface area contributed by atoms with Gasteiger partial charge in [0.05, 0.1) is 24.0 Å². The molecule has 2 N–H and O–H groups in total. The largest absolute Gasteiger partial charge is 0.418 e. The maximum Gasteiger partial charge on any atom is 0.418 e. The summed E-state index contributed by atoms with van der Waals surface area (Å²) in [5, 5.41) is 4.89. The van der Waals surface area contributed by atoms with Gasteiger partial charge in [0.25, 0.3) is 0 Å². The number of para-hydroxylation sites is 1. The van der Waals surface area contributed by atoms with E-state index in [9.17, 15) is 18.0 Å². The minimum atomic E-state index is -4.53. The lowest BCUT2D eigenvalue weighted by Crippen LogP contribution is -2.40. The summed E-state index contributed by atoms with van der Waals surface area (Å²) in [6, 6.07) is 12.0. The zero-order chi connectivity index (χ0) is 20.9. The molecule has 5 nitrogen and oxygen atoms in total. The molecule has 1 unspecified atom stereocenters. The van der Waals surface area contributed by atoms with E-state index in [0.717, 1.165) is 36.8 Å². The van der Waals surface area contributed by atoms with Gasteiger partial charge in [-0.25, -0.2) is 4.79 Å². The van der Waals surface area contributed by atoms with Crippen LogP contribution in [0.25, 0.3) is 0 Å². The number of anilines is 1. The molecule has 0 saturated carbocycles. The van der Waals surface area contributed by atoms with Gasteiger partial charge in [0, 0.05) is 26.2 Å². The number of morpholine rings is 1. The molecule has 0 spiro atoms. The quantitative estimate of drug-likeness (QED) is 0.779. The predicted molar refractivity (Wildman–Crippen MR) is 104 cm³/mol. The van der Waals surface area contributed by atoms with E-state index < -0.39 is 17.8 Å². The number of halogens is 3. The molecule has 1 atom stereocenters. The minimum Gasteiger partial charge on any atom is -0.376 e. The molecule has 0 bridgehead atoms. The Kier molecular flexibility index (Phi) is 6.76. The van der Waals surface area contributed by atoms with E-state index in [4.69, 9.17) is 4.74 Å². The van der Waals surface area contributed by atoms with E-state index in [0.29, 0.717) is 6.61 Å². The Morgan fingerprint density at radius 3 is 2.69 bits per heavy atom. The molecule has 29 heavy (non-hydrogen) atoms. The third-order valence-electron chi connectivity index (χ3n) is 4.66. The molecule has 1 fully saturated rings. The topological polar surface area (TPSA) is 53.6 Å². The number of nitrogens with one attached hydrogen (secondary N) is 2. The normalized spacial score (nSPS) is 17.7. The summed E-state index contributed by atoms with van der Waals surface area (Å²) in [5.74, 6) is 0. The highest BCUT2D eigenvalue weighted by Crippen LogP contribution is 2.34. The first-order chi connectivity index (χ1) is 13.8. The number of carbonyl (C=O) groups is 1. The number of amides is 2. The molecule has 1 aliphatic heterocycles. The molecule has 1 saturated heterocycles. The van der Waals surface area contributed by atoms with Crippen LogP contribution in [0.1, 0.15) is 23.6 Å². The Morgan fingerprint density at radius 1 is 1.17 bits per heavy atom. The number of alkyl halides is 3. The van der Waals surface area contributed by atoms with Crippen molar-refractivity contribution in [2.75, 3.05) is 25.0 Å². The van der Waals surface area contributed by atoms with Crippen LogP contribution in [0, 0.1) is 0 Å². The molecule has 2 aromatic rings. The number of ether oxygens (including phenoxy) is 1. The van der Waals surface area contributed by atoms with E-state index in [2.05, 4.69) is 15.5 Å². The zero-order valence-corrected chi connectivity index (χ0v) is 16.1. The van der Waals surface area contributed by atoms with Crippen LogP contribution in [0.4, 0.5) is 23.7 Å². The van der Waals surface area contributed by atoms with Crippen molar-refractivity contribution in [3.05, 3.63) is 65.2 Å². The van der Waals surface area contributed by atoms with Crippen molar-refractivity contribution in [1.82, 2.24) is 10.2 Å². The highest BCUT2D eigenvalue weighted by Gasteiger charge is 2.33. The van der Waals surface area contributed by atoms with E-state index in [1.54, 1.807) is 0 Å². The van der Waals surface area contributed by atoms with E-state index in [1.807, 2.05) is 31.2 Å². The Bertz CT molecular complexity index is 842. The van der Waals surface area contributed by atoms with Crippen molar-refractivity contribution < 1.29 is 22.7 Å². The van der Waals surface area contributed by atoms with Gasteiger partial charge in [-0.15, -0.1) is 0 Å². The highest BCUT2D eigenvalue weighted by molar-refractivity contribution is 5.90. The molecule has 8 heteroatoms. The first kappa shape index (κ1) is 21.1. The summed E-state index contributed by atoms with van der Waals surface area (Å²) >= 11 is 0. The second-order valence-corrected chi connectivity index (χ2v) is 7.09. The molecule has 0 aliphatic carbocycles. The molecular weight excluding hydrogens is 383 g/mol. The predicted octanol–water partition coefficient (Wildman–Crippen LogP) is 4.25. The summed E-state index contributed by atoms with van der Waals surface area (Å²) in [7, 11) is 0. The van der Waals surface area contributed by atoms with Gasteiger partial charge in [0.2, 0.25) is 0 Å². The van der Waals surface area contributed by atoms with Crippen LogP contribution in [-0.2, 0) is 24.0 Å². The van der Waals surface area contributed by atoms with Gasteiger partial charge < -0.3 is 15.4 Å². The van der Waals surface area contributed by atoms with Crippen molar-refractivity contribution >= 4 is 11.7 Å². The molecular formula is C21H24F3N3O2. The van der Waals surface area contributed by atoms with Gasteiger partial charge in [-0.3, -0.25) is 4.90 Å². The molecule has 1 heterocycles. The summed E-state index contributed by atoms with van der Waals surface area (Å²) in [6.07, 6.45) is -4.33. The fourth-order valence-corrected chi connectivity index (χ4v) is 3.32. The number of nitrogens with zero attached hydrogens (tertiary/aromatic N) is 1. The molecule has 2 aromatic carbocycles. The summed E-state index contributed by atoms with van der Waals surface area (Å²) < 4.78 is 44.6. The Hall–Kier alpha value is -2.58. The second-order valence-electron chi connectivity index (χ2n) is 7.09. The van der Waals surface area contributed by atoms with Gasteiger partial charge in [-0.05, 0) is 30.2 Å². The molecule has 0 radical (unpaired) electrons.